The van der Waals surface area contributed by atoms with Gasteiger partial charge in [0, 0.05) is 6.42 Å². The van der Waals surface area contributed by atoms with Crippen LogP contribution < -0.4 is 5.32 Å². The number of hydrogen-bond donors (Lipinski definition) is 6. The van der Waals surface area contributed by atoms with Crippen LogP contribution in [0.4, 0.5) is 0 Å². The van der Waals surface area contributed by atoms with Crippen molar-refractivity contribution in [2.75, 3.05) is 13.2 Å². The molecule has 454 valence electrons. The number of nitrogens with one attached hydrogen (secondary N) is 1. The molecule has 1 fully saturated rings. The second kappa shape index (κ2) is 58.1. The molecule has 1 amide bonds. The van der Waals surface area contributed by atoms with Gasteiger partial charge >= 0.3 is 0 Å². The molecule has 0 spiro atoms. The van der Waals surface area contributed by atoms with E-state index in [1.54, 1.807) is 6.08 Å². The van der Waals surface area contributed by atoms with E-state index in [9.17, 15) is 30.3 Å². The molecule has 1 heterocycles. The van der Waals surface area contributed by atoms with Crippen LogP contribution in [-0.4, -0.2) is 87.5 Å². The molecule has 0 aromatic carbocycles. The van der Waals surface area contributed by atoms with Gasteiger partial charge in [-0.05, 0) is 89.9 Å². The summed E-state index contributed by atoms with van der Waals surface area (Å²) in [5.41, 5.74) is 0. The van der Waals surface area contributed by atoms with Gasteiger partial charge in [-0.1, -0.05) is 284 Å². The van der Waals surface area contributed by atoms with E-state index in [1.165, 1.54) is 154 Å². The number of aliphatic hydroxyl groups excluding tert-OH is 5. The first-order valence-corrected chi connectivity index (χ1v) is 32.6. The molecule has 0 radical (unpaired) electrons. The average molecular weight is 1100 g/mol. The maximum absolute atomic E-state index is 13.1. The van der Waals surface area contributed by atoms with Crippen molar-refractivity contribution < 1.29 is 39.8 Å². The van der Waals surface area contributed by atoms with Gasteiger partial charge in [-0.25, -0.2) is 0 Å². The molecular weight excluding hydrogens is 983 g/mol. The van der Waals surface area contributed by atoms with Crippen LogP contribution in [0.25, 0.3) is 0 Å². The fraction of sp³-hybridized carbons (Fsp3) is 0.729. The molecule has 1 aliphatic rings. The van der Waals surface area contributed by atoms with Crippen molar-refractivity contribution in [2.45, 2.75) is 314 Å². The van der Waals surface area contributed by atoms with Crippen molar-refractivity contribution in [3.8, 4) is 0 Å². The SMILES string of the molecule is CC/C=C\C/C=C\C/C=C\C/C=C\C/C=C\C/C=C\C/C=C\CCCCCCCCCCCCCC(=O)NC(COC1OC(CO)C(O)C(O)C1O)C(O)/C=C/CC/C=C/CCCCCCCCCCCCCCCCCCC. The second-order valence-corrected chi connectivity index (χ2v) is 22.2. The van der Waals surface area contributed by atoms with Crippen LogP contribution in [-0.2, 0) is 14.3 Å². The largest absolute Gasteiger partial charge is 0.394 e. The Kier molecular flexibility index (Phi) is 54.3. The van der Waals surface area contributed by atoms with Crippen LogP contribution in [0.2, 0.25) is 0 Å². The number of unbranched alkanes of at least 4 members (excludes halogenated alkanes) is 29. The van der Waals surface area contributed by atoms with Gasteiger partial charge in [-0.3, -0.25) is 4.79 Å². The molecule has 0 bridgehead atoms. The van der Waals surface area contributed by atoms with Gasteiger partial charge in [-0.2, -0.15) is 0 Å². The molecule has 7 atom stereocenters. The van der Waals surface area contributed by atoms with Gasteiger partial charge in [0.25, 0.3) is 0 Å². The lowest BCUT2D eigenvalue weighted by Crippen LogP contribution is -2.60. The molecule has 1 aliphatic heterocycles. The van der Waals surface area contributed by atoms with Crippen molar-refractivity contribution in [1.29, 1.82) is 0 Å². The molecule has 0 saturated carbocycles. The standard InChI is InChI=1S/C70H121NO8/c1-3-5-7-9-11-13-15-17-19-21-23-25-27-28-29-30-31-32-33-34-35-36-38-40-42-44-46-48-50-52-54-56-58-60-66(74)71-63(62-78-70-69(77)68(76)67(75)65(61-72)79-70)64(73)59-57-55-53-51-49-47-45-43-41-39-37-26-24-22-20-18-16-14-12-10-8-6-4-2/h5,7,11,13,17,19,23,25,28-29,31-32,34-35,49,51,57,59,63-65,67-70,72-73,75-77H,3-4,6,8-10,12,14-16,18,20-22,24,26-27,30,33,36-48,50,52-56,58,60-62H2,1-2H3,(H,71,74)/b7-5-,13-11-,19-17-,25-23-,29-28-,32-31-,35-34-,51-49+,59-57+. The fourth-order valence-corrected chi connectivity index (χ4v) is 9.74. The summed E-state index contributed by atoms with van der Waals surface area (Å²) < 4.78 is 11.3. The summed E-state index contributed by atoms with van der Waals surface area (Å²) in [6, 6.07) is -0.832. The maximum Gasteiger partial charge on any atom is 0.220 e. The van der Waals surface area contributed by atoms with Crippen LogP contribution in [0.3, 0.4) is 0 Å². The lowest BCUT2D eigenvalue weighted by Gasteiger charge is -2.40. The number of ether oxygens (including phenoxy) is 2. The Bertz CT molecular complexity index is 1610. The average Bonchev–Trinajstić information content (AvgIpc) is 3.47. The predicted octanol–water partition coefficient (Wildman–Crippen LogP) is 17.3. The first kappa shape index (κ1) is 73.9. The van der Waals surface area contributed by atoms with E-state index < -0.39 is 49.5 Å². The van der Waals surface area contributed by atoms with Crippen molar-refractivity contribution in [3.05, 3.63) is 109 Å². The topological polar surface area (TPSA) is 149 Å². The van der Waals surface area contributed by atoms with E-state index in [-0.39, 0.29) is 12.5 Å². The Hall–Kier alpha value is -3.15. The number of rotatable bonds is 55. The summed E-state index contributed by atoms with van der Waals surface area (Å²) in [4.78, 5) is 13.1. The number of allylic oxidation sites excluding steroid dienone is 17. The minimum atomic E-state index is -1.58. The van der Waals surface area contributed by atoms with Crippen LogP contribution in [0.1, 0.15) is 271 Å². The van der Waals surface area contributed by atoms with E-state index in [0.717, 1.165) is 96.3 Å². The first-order chi connectivity index (χ1) is 38.8. The van der Waals surface area contributed by atoms with E-state index in [0.29, 0.717) is 6.42 Å². The van der Waals surface area contributed by atoms with E-state index in [2.05, 4.69) is 116 Å². The molecule has 0 aliphatic carbocycles. The monoisotopic (exact) mass is 1100 g/mol. The molecule has 9 heteroatoms. The zero-order valence-electron chi connectivity index (χ0n) is 50.6. The zero-order valence-corrected chi connectivity index (χ0v) is 50.6. The van der Waals surface area contributed by atoms with Crippen LogP contribution >= 0.6 is 0 Å². The van der Waals surface area contributed by atoms with Crippen molar-refractivity contribution >= 4 is 5.91 Å². The summed E-state index contributed by atoms with van der Waals surface area (Å²) in [5, 5.41) is 54.6. The third kappa shape index (κ3) is 47.1. The smallest absolute Gasteiger partial charge is 0.220 e. The third-order valence-corrected chi connectivity index (χ3v) is 14.8. The molecule has 7 unspecified atom stereocenters. The highest BCUT2D eigenvalue weighted by Gasteiger charge is 2.44. The van der Waals surface area contributed by atoms with Crippen molar-refractivity contribution in [3.63, 3.8) is 0 Å². The predicted molar refractivity (Wildman–Crippen MR) is 336 cm³/mol. The number of hydrogen-bond acceptors (Lipinski definition) is 8. The minimum absolute atomic E-state index is 0.192. The normalized spacial score (nSPS) is 19.3. The van der Waals surface area contributed by atoms with Gasteiger partial charge in [0.2, 0.25) is 5.91 Å². The fourth-order valence-electron chi connectivity index (χ4n) is 9.74. The van der Waals surface area contributed by atoms with Crippen LogP contribution in [0.5, 0.6) is 0 Å². The number of carbonyl (C=O) groups is 1. The molecule has 1 rings (SSSR count). The number of aliphatic hydroxyl groups is 5. The highest BCUT2D eigenvalue weighted by atomic mass is 16.7. The lowest BCUT2D eigenvalue weighted by atomic mass is 9.99. The molecular formula is C70H121NO8. The first-order valence-electron chi connectivity index (χ1n) is 32.6. The molecule has 0 aromatic rings. The Morgan fingerprint density at radius 2 is 0.797 bits per heavy atom. The van der Waals surface area contributed by atoms with Crippen molar-refractivity contribution in [2.24, 2.45) is 0 Å². The van der Waals surface area contributed by atoms with Gasteiger partial charge in [-0.15, -0.1) is 0 Å². The van der Waals surface area contributed by atoms with Gasteiger partial charge < -0.3 is 40.3 Å². The summed E-state index contributed by atoms with van der Waals surface area (Å²) >= 11 is 0. The van der Waals surface area contributed by atoms with E-state index in [4.69, 9.17) is 9.47 Å². The van der Waals surface area contributed by atoms with Gasteiger partial charge in [0.1, 0.15) is 24.4 Å². The molecule has 79 heavy (non-hydrogen) atoms. The number of amides is 1. The minimum Gasteiger partial charge on any atom is -0.394 e. The molecule has 6 N–H and O–H groups in total. The Balaban J connectivity index is 2.20. The van der Waals surface area contributed by atoms with Crippen LogP contribution in [0, 0.1) is 0 Å². The summed E-state index contributed by atoms with van der Waals surface area (Å²) in [6.07, 6.45) is 78.8. The molecule has 0 aromatic heterocycles. The van der Waals surface area contributed by atoms with Crippen molar-refractivity contribution in [1.82, 2.24) is 5.32 Å². The van der Waals surface area contributed by atoms with Gasteiger partial charge in [0.15, 0.2) is 6.29 Å². The summed E-state index contributed by atoms with van der Waals surface area (Å²) in [7, 11) is 0. The summed E-state index contributed by atoms with van der Waals surface area (Å²) in [5.74, 6) is -0.192. The second-order valence-electron chi connectivity index (χ2n) is 22.2. The Morgan fingerprint density at radius 1 is 0.443 bits per heavy atom. The van der Waals surface area contributed by atoms with E-state index in [1.807, 2.05) is 6.08 Å². The lowest BCUT2D eigenvalue weighted by molar-refractivity contribution is -0.302. The Labute approximate surface area is 485 Å². The zero-order chi connectivity index (χ0) is 57.2. The molecule has 1 saturated heterocycles. The third-order valence-electron chi connectivity index (χ3n) is 14.8. The van der Waals surface area contributed by atoms with Crippen LogP contribution in [0.15, 0.2) is 109 Å². The number of carbonyl (C=O) groups excluding carboxylic acids is 1. The quantitative estimate of drug-likeness (QED) is 0.0261. The van der Waals surface area contributed by atoms with Gasteiger partial charge in [0.05, 0.1) is 25.4 Å². The highest BCUT2D eigenvalue weighted by molar-refractivity contribution is 5.76. The summed E-state index contributed by atoms with van der Waals surface area (Å²) in [6.45, 7) is 3.66. The molecule has 9 nitrogen and oxygen atoms in total. The Morgan fingerprint density at radius 3 is 1.22 bits per heavy atom. The van der Waals surface area contributed by atoms with E-state index >= 15 is 0 Å². The maximum atomic E-state index is 13.1. The highest BCUT2D eigenvalue weighted by Crippen LogP contribution is 2.23.